The number of hydrogen-bond donors (Lipinski definition) is 0. The highest BCUT2D eigenvalue weighted by Gasteiger charge is 2.62. The van der Waals surface area contributed by atoms with Crippen LogP contribution in [0.4, 0.5) is 5.82 Å². The van der Waals surface area contributed by atoms with Gasteiger partial charge < -0.3 is 9.64 Å². The standard InChI is InChI=1S/C14H21N3O/c1-9-5-13(16-12(15-9)8-18-4)17-6-10-11(7-17)14(10,2)3/h5,10-11H,6-8H2,1-4H3. The lowest BCUT2D eigenvalue weighted by atomic mass is 10.1. The van der Waals surface area contributed by atoms with E-state index in [0.29, 0.717) is 12.0 Å². The molecule has 98 valence electrons. The predicted molar refractivity (Wildman–Crippen MR) is 70.5 cm³/mol. The molecule has 18 heavy (non-hydrogen) atoms. The Morgan fingerprint density at radius 1 is 1.33 bits per heavy atom. The highest BCUT2D eigenvalue weighted by atomic mass is 16.5. The van der Waals surface area contributed by atoms with Crippen molar-refractivity contribution in [3.05, 3.63) is 17.6 Å². The van der Waals surface area contributed by atoms with Crippen LogP contribution in [0.1, 0.15) is 25.4 Å². The Hall–Kier alpha value is -1.16. The third-order valence-electron chi connectivity index (χ3n) is 4.61. The molecular formula is C14H21N3O. The maximum atomic E-state index is 5.12. The van der Waals surface area contributed by atoms with Gasteiger partial charge in [-0.1, -0.05) is 13.8 Å². The van der Waals surface area contributed by atoms with E-state index in [2.05, 4.69) is 34.8 Å². The zero-order valence-electron chi connectivity index (χ0n) is 11.6. The highest BCUT2D eigenvalue weighted by Crippen LogP contribution is 2.62. The van der Waals surface area contributed by atoms with Crippen LogP contribution in [0, 0.1) is 24.2 Å². The Balaban J connectivity index is 1.78. The van der Waals surface area contributed by atoms with Gasteiger partial charge in [0, 0.05) is 32.0 Å². The number of methoxy groups -OCH3 is 1. The Labute approximate surface area is 108 Å². The Bertz CT molecular complexity index is 458. The number of rotatable bonds is 3. The summed E-state index contributed by atoms with van der Waals surface area (Å²) in [5.41, 5.74) is 1.57. The van der Waals surface area contributed by atoms with Gasteiger partial charge in [-0.05, 0) is 24.2 Å². The van der Waals surface area contributed by atoms with Crippen molar-refractivity contribution >= 4 is 5.82 Å². The first-order valence-electron chi connectivity index (χ1n) is 6.61. The summed E-state index contributed by atoms with van der Waals surface area (Å²) in [6, 6.07) is 2.08. The number of anilines is 1. The fourth-order valence-electron chi connectivity index (χ4n) is 3.29. The van der Waals surface area contributed by atoms with Gasteiger partial charge in [-0.2, -0.15) is 0 Å². The minimum atomic E-state index is 0.487. The first kappa shape index (κ1) is 11.9. The monoisotopic (exact) mass is 247 g/mol. The van der Waals surface area contributed by atoms with Crippen LogP contribution in [0.3, 0.4) is 0 Å². The normalized spacial score (nSPS) is 28.3. The molecule has 0 bridgehead atoms. The maximum Gasteiger partial charge on any atom is 0.156 e. The van der Waals surface area contributed by atoms with Gasteiger partial charge in [-0.15, -0.1) is 0 Å². The lowest BCUT2D eigenvalue weighted by Gasteiger charge is -2.23. The van der Waals surface area contributed by atoms with Crippen LogP contribution in [0.15, 0.2) is 6.07 Å². The third-order valence-corrected chi connectivity index (χ3v) is 4.61. The average Bonchev–Trinajstić information content (AvgIpc) is 2.69. The molecule has 1 saturated carbocycles. The van der Waals surface area contributed by atoms with Crippen molar-refractivity contribution in [3.63, 3.8) is 0 Å². The number of nitrogens with zero attached hydrogens (tertiary/aromatic N) is 3. The molecule has 1 saturated heterocycles. The van der Waals surface area contributed by atoms with E-state index in [1.165, 1.54) is 0 Å². The molecule has 2 fully saturated rings. The first-order chi connectivity index (χ1) is 8.52. The molecule has 2 aliphatic rings. The summed E-state index contributed by atoms with van der Waals surface area (Å²) < 4.78 is 5.12. The third kappa shape index (κ3) is 1.79. The van der Waals surface area contributed by atoms with Crippen molar-refractivity contribution in [2.24, 2.45) is 17.3 Å². The number of aromatic nitrogens is 2. The number of fused-ring (bicyclic) bond motifs is 1. The van der Waals surface area contributed by atoms with E-state index in [-0.39, 0.29) is 0 Å². The second-order valence-corrected chi connectivity index (χ2v) is 6.16. The smallest absolute Gasteiger partial charge is 0.156 e. The van der Waals surface area contributed by atoms with E-state index >= 15 is 0 Å². The molecule has 0 amide bonds. The molecule has 0 radical (unpaired) electrons. The molecule has 1 aromatic heterocycles. The quantitative estimate of drug-likeness (QED) is 0.819. The van der Waals surface area contributed by atoms with Crippen molar-refractivity contribution in [2.45, 2.75) is 27.4 Å². The summed E-state index contributed by atoms with van der Waals surface area (Å²) in [7, 11) is 1.68. The van der Waals surface area contributed by atoms with Crippen molar-refractivity contribution in [3.8, 4) is 0 Å². The largest absolute Gasteiger partial charge is 0.377 e. The van der Waals surface area contributed by atoms with Gasteiger partial charge in [0.1, 0.15) is 12.4 Å². The minimum absolute atomic E-state index is 0.487. The molecule has 3 rings (SSSR count). The summed E-state index contributed by atoms with van der Waals surface area (Å²) in [6.45, 7) is 9.54. The molecule has 1 aromatic rings. The zero-order valence-corrected chi connectivity index (χ0v) is 11.6. The van der Waals surface area contributed by atoms with Gasteiger partial charge in [0.15, 0.2) is 5.82 Å². The van der Waals surface area contributed by atoms with Crippen LogP contribution in [-0.4, -0.2) is 30.2 Å². The molecule has 4 heteroatoms. The lowest BCUT2D eigenvalue weighted by molar-refractivity contribution is 0.177. The average molecular weight is 247 g/mol. The van der Waals surface area contributed by atoms with Crippen LogP contribution in [0.2, 0.25) is 0 Å². The molecule has 4 nitrogen and oxygen atoms in total. The van der Waals surface area contributed by atoms with Crippen LogP contribution in [0.25, 0.3) is 0 Å². The summed E-state index contributed by atoms with van der Waals surface area (Å²) in [6.07, 6.45) is 0. The molecule has 0 aromatic carbocycles. The topological polar surface area (TPSA) is 38.2 Å². The van der Waals surface area contributed by atoms with E-state index in [4.69, 9.17) is 4.74 Å². The van der Waals surface area contributed by atoms with E-state index in [1.54, 1.807) is 7.11 Å². The minimum Gasteiger partial charge on any atom is -0.377 e. The number of hydrogen-bond acceptors (Lipinski definition) is 4. The maximum absolute atomic E-state index is 5.12. The summed E-state index contributed by atoms with van der Waals surface area (Å²) >= 11 is 0. The molecule has 2 atom stereocenters. The molecule has 1 aliphatic carbocycles. The van der Waals surface area contributed by atoms with Crippen molar-refractivity contribution in [1.82, 2.24) is 9.97 Å². The second kappa shape index (κ2) is 3.92. The first-order valence-corrected chi connectivity index (χ1v) is 6.61. The predicted octanol–water partition coefficient (Wildman–Crippen LogP) is 2.02. The number of aryl methyl sites for hydroxylation is 1. The van der Waals surface area contributed by atoms with Crippen molar-refractivity contribution < 1.29 is 4.74 Å². The van der Waals surface area contributed by atoms with Crippen molar-refractivity contribution in [2.75, 3.05) is 25.1 Å². The summed E-state index contributed by atoms with van der Waals surface area (Å²) in [5.74, 6) is 3.54. The van der Waals surface area contributed by atoms with Gasteiger partial charge in [-0.3, -0.25) is 0 Å². The second-order valence-electron chi connectivity index (χ2n) is 6.16. The van der Waals surface area contributed by atoms with Crippen LogP contribution >= 0.6 is 0 Å². The fourth-order valence-corrected chi connectivity index (χ4v) is 3.29. The van der Waals surface area contributed by atoms with E-state index in [1.807, 2.05) is 6.92 Å². The number of piperidine rings is 1. The number of ether oxygens (including phenoxy) is 1. The van der Waals surface area contributed by atoms with Gasteiger partial charge in [0.05, 0.1) is 0 Å². The molecule has 1 aliphatic heterocycles. The molecule has 2 heterocycles. The van der Waals surface area contributed by atoms with E-state index in [0.717, 1.165) is 42.3 Å². The SMILES string of the molecule is COCc1nc(C)cc(N2CC3C(C2)C3(C)C)n1. The van der Waals surface area contributed by atoms with Crippen molar-refractivity contribution in [1.29, 1.82) is 0 Å². The van der Waals surface area contributed by atoms with Crippen LogP contribution in [-0.2, 0) is 11.3 Å². The van der Waals surface area contributed by atoms with Crippen LogP contribution < -0.4 is 4.90 Å². The van der Waals surface area contributed by atoms with E-state index in [9.17, 15) is 0 Å². The van der Waals surface area contributed by atoms with Gasteiger partial charge in [0.2, 0.25) is 0 Å². The Morgan fingerprint density at radius 3 is 2.61 bits per heavy atom. The Kier molecular flexibility index (Phi) is 2.59. The van der Waals surface area contributed by atoms with Gasteiger partial charge in [-0.25, -0.2) is 9.97 Å². The zero-order chi connectivity index (χ0) is 12.9. The highest BCUT2D eigenvalue weighted by molar-refractivity contribution is 5.44. The lowest BCUT2D eigenvalue weighted by Crippen LogP contribution is -2.27. The fraction of sp³-hybridized carbons (Fsp3) is 0.714. The Morgan fingerprint density at radius 2 is 2.00 bits per heavy atom. The molecule has 0 N–H and O–H groups in total. The molecule has 2 unspecified atom stereocenters. The van der Waals surface area contributed by atoms with Gasteiger partial charge in [0.25, 0.3) is 0 Å². The van der Waals surface area contributed by atoms with Gasteiger partial charge >= 0.3 is 0 Å². The summed E-state index contributed by atoms with van der Waals surface area (Å²) in [5, 5.41) is 0. The van der Waals surface area contributed by atoms with Crippen LogP contribution in [0.5, 0.6) is 0 Å². The molecular weight excluding hydrogens is 226 g/mol. The molecule has 0 spiro atoms. The van der Waals surface area contributed by atoms with E-state index < -0.39 is 0 Å². The summed E-state index contributed by atoms with van der Waals surface area (Å²) in [4.78, 5) is 11.4.